The number of aryl methyl sites for hydroxylation is 1. The minimum absolute atomic E-state index is 0.0370. The van der Waals surface area contributed by atoms with Crippen LogP contribution in [0.3, 0.4) is 0 Å². The van der Waals surface area contributed by atoms with Gasteiger partial charge in [-0.05, 0) is 24.6 Å². The Labute approximate surface area is 164 Å². The number of carbonyl (C=O) groups is 2. The van der Waals surface area contributed by atoms with Gasteiger partial charge in [0.1, 0.15) is 23.1 Å². The molecule has 8 heteroatoms. The maximum absolute atomic E-state index is 12.8. The second-order valence-corrected chi connectivity index (χ2v) is 6.69. The molecule has 28 heavy (non-hydrogen) atoms. The maximum atomic E-state index is 12.8. The van der Waals surface area contributed by atoms with Crippen molar-refractivity contribution in [2.45, 2.75) is 20.4 Å². The molecule has 1 fully saturated rings. The zero-order valence-electron chi connectivity index (χ0n) is 16.4. The monoisotopic (exact) mass is 383 g/mol. The van der Waals surface area contributed by atoms with Crippen LogP contribution in [0.1, 0.15) is 28.8 Å². The largest absolute Gasteiger partial charge is 0.497 e. The van der Waals surface area contributed by atoms with Crippen LogP contribution in [-0.4, -0.2) is 64.9 Å². The minimum Gasteiger partial charge on any atom is -0.497 e. The van der Waals surface area contributed by atoms with Crippen molar-refractivity contribution in [2.24, 2.45) is 0 Å². The van der Waals surface area contributed by atoms with Crippen molar-refractivity contribution >= 4 is 17.6 Å². The van der Waals surface area contributed by atoms with E-state index in [9.17, 15) is 9.59 Å². The molecule has 0 saturated carbocycles. The predicted molar refractivity (Wildman–Crippen MR) is 105 cm³/mol. The van der Waals surface area contributed by atoms with E-state index < -0.39 is 0 Å². The number of amides is 2. The third-order valence-electron chi connectivity index (χ3n) is 4.70. The van der Waals surface area contributed by atoms with Crippen LogP contribution in [0.15, 0.2) is 30.3 Å². The van der Waals surface area contributed by atoms with Crippen LogP contribution in [0, 0.1) is 6.92 Å². The molecule has 2 aromatic rings. The fraction of sp³-hybridized carbons (Fsp3) is 0.400. The van der Waals surface area contributed by atoms with Crippen molar-refractivity contribution in [1.82, 2.24) is 19.8 Å². The summed E-state index contributed by atoms with van der Waals surface area (Å²) in [4.78, 5) is 36.4. The van der Waals surface area contributed by atoms with Gasteiger partial charge >= 0.3 is 0 Å². The second kappa shape index (κ2) is 8.69. The zero-order chi connectivity index (χ0) is 20.1. The van der Waals surface area contributed by atoms with Crippen LogP contribution >= 0.6 is 0 Å². The molecule has 0 atom stereocenters. The van der Waals surface area contributed by atoms with Gasteiger partial charge in [-0.2, -0.15) is 0 Å². The van der Waals surface area contributed by atoms with E-state index in [2.05, 4.69) is 15.3 Å². The summed E-state index contributed by atoms with van der Waals surface area (Å²) >= 11 is 0. The highest BCUT2D eigenvalue weighted by molar-refractivity contribution is 5.93. The van der Waals surface area contributed by atoms with Crippen molar-refractivity contribution in [1.29, 1.82) is 0 Å². The van der Waals surface area contributed by atoms with Crippen LogP contribution in [0.25, 0.3) is 0 Å². The number of carbonyl (C=O) groups excluding carboxylic acids is 2. The molecule has 0 radical (unpaired) electrons. The normalized spacial score (nSPS) is 14.0. The third kappa shape index (κ3) is 4.76. The van der Waals surface area contributed by atoms with Crippen LogP contribution in [0.2, 0.25) is 0 Å². The lowest BCUT2D eigenvalue weighted by Crippen LogP contribution is -2.50. The Morgan fingerprint density at radius 2 is 1.71 bits per heavy atom. The first-order valence-electron chi connectivity index (χ1n) is 9.23. The van der Waals surface area contributed by atoms with Gasteiger partial charge in [-0.1, -0.05) is 12.1 Å². The smallest absolute Gasteiger partial charge is 0.272 e. The summed E-state index contributed by atoms with van der Waals surface area (Å²) in [7, 11) is 1.63. The number of piperazine rings is 1. The molecular weight excluding hydrogens is 358 g/mol. The molecule has 2 amide bonds. The molecule has 1 aliphatic heterocycles. The van der Waals surface area contributed by atoms with E-state index in [1.54, 1.807) is 36.8 Å². The van der Waals surface area contributed by atoms with Crippen molar-refractivity contribution in [3.63, 3.8) is 0 Å². The van der Waals surface area contributed by atoms with E-state index in [0.717, 1.165) is 11.3 Å². The lowest BCUT2D eigenvalue weighted by Gasteiger charge is -2.34. The van der Waals surface area contributed by atoms with Gasteiger partial charge in [0.15, 0.2) is 0 Å². The van der Waals surface area contributed by atoms with Gasteiger partial charge in [-0.3, -0.25) is 9.59 Å². The Hall–Kier alpha value is -3.16. The molecule has 8 nitrogen and oxygen atoms in total. The van der Waals surface area contributed by atoms with Crippen LogP contribution in [0.5, 0.6) is 5.75 Å². The Kier molecular flexibility index (Phi) is 6.08. The predicted octanol–water partition coefficient (Wildman–Crippen LogP) is 1.71. The van der Waals surface area contributed by atoms with Gasteiger partial charge in [0.05, 0.1) is 7.11 Å². The topological polar surface area (TPSA) is 87.7 Å². The first kappa shape index (κ1) is 19.6. The zero-order valence-corrected chi connectivity index (χ0v) is 16.4. The fourth-order valence-corrected chi connectivity index (χ4v) is 3.09. The van der Waals surface area contributed by atoms with E-state index in [4.69, 9.17) is 4.74 Å². The molecule has 3 rings (SSSR count). The Morgan fingerprint density at radius 1 is 1.07 bits per heavy atom. The van der Waals surface area contributed by atoms with E-state index in [1.165, 1.54) is 0 Å². The molecule has 148 valence electrons. The third-order valence-corrected chi connectivity index (χ3v) is 4.70. The van der Waals surface area contributed by atoms with Gasteiger partial charge in [0, 0.05) is 45.7 Å². The summed E-state index contributed by atoms with van der Waals surface area (Å²) in [5.74, 6) is 1.84. The van der Waals surface area contributed by atoms with Gasteiger partial charge in [0.2, 0.25) is 5.91 Å². The highest BCUT2D eigenvalue weighted by Crippen LogP contribution is 2.15. The average molecular weight is 383 g/mol. The van der Waals surface area contributed by atoms with Crippen molar-refractivity contribution in [2.75, 3.05) is 38.6 Å². The standard InChI is InChI=1S/C20H25N5O3/c1-14-22-18(20(27)25-10-8-24(9-11-25)15(2)26)12-19(23-14)21-13-16-4-6-17(28-3)7-5-16/h4-7,12H,8-11,13H2,1-3H3,(H,21,22,23). The maximum Gasteiger partial charge on any atom is 0.272 e. The molecule has 0 spiro atoms. The van der Waals surface area contributed by atoms with Gasteiger partial charge < -0.3 is 19.9 Å². The van der Waals surface area contributed by atoms with E-state index >= 15 is 0 Å². The molecule has 0 bridgehead atoms. The summed E-state index contributed by atoms with van der Waals surface area (Å²) in [5.41, 5.74) is 1.44. The number of ether oxygens (including phenoxy) is 1. The molecular formula is C20H25N5O3. The molecule has 1 aliphatic rings. The number of methoxy groups -OCH3 is 1. The highest BCUT2D eigenvalue weighted by Gasteiger charge is 2.24. The Morgan fingerprint density at radius 3 is 2.32 bits per heavy atom. The van der Waals surface area contributed by atoms with E-state index in [-0.39, 0.29) is 11.8 Å². The lowest BCUT2D eigenvalue weighted by atomic mass is 10.2. The van der Waals surface area contributed by atoms with Crippen LogP contribution in [-0.2, 0) is 11.3 Å². The number of benzene rings is 1. The van der Waals surface area contributed by atoms with Crippen molar-refractivity contribution in [3.8, 4) is 5.75 Å². The minimum atomic E-state index is -0.138. The van der Waals surface area contributed by atoms with E-state index in [0.29, 0.717) is 50.1 Å². The van der Waals surface area contributed by atoms with E-state index in [1.807, 2.05) is 24.3 Å². The first-order valence-corrected chi connectivity index (χ1v) is 9.23. The first-order chi connectivity index (χ1) is 13.5. The van der Waals surface area contributed by atoms with Gasteiger partial charge in [-0.25, -0.2) is 9.97 Å². The number of hydrogen-bond donors (Lipinski definition) is 1. The quantitative estimate of drug-likeness (QED) is 0.846. The number of aromatic nitrogens is 2. The van der Waals surface area contributed by atoms with Crippen molar-refractivity contribution < 1.29 is 14.3 Å². The Balaban J connectivity index is 1.65. The molecule has 1 N–H and O–H groups in total. The number of rotatable bonds is 5. The van der Waals surface area contributed by atoms with Crippen LogP contribution < -0.4 is 10.1 Å². The van der Waals surface area contributed by atoms with Crippen molar-refractivity contribution in [3.05, 3.63) is 47.4 Å². The molecule has 1 saturated heterocycles. The Bertz CT molecular complexity index is 845. The molecule has 1 aromatic carbocycles. The fourth-order valence-electron chi connectivity index (χ4n) is 3.09. The highest BCUT2D eigenvalue weighted by atomic mass is 16.5. The molecule has 0 aliphatic carbocycles. The number of nitrogens with zero attached hydrogens (tertiary/aromatic N) is 4. The number of hydrogen-bond acceptors (Lipinski definition) is 6. The summed E-state index contributed by atoms with van der Waals surface area (Å²) < 4.78 is 5.16. The summed E-state index contributed by atoms with van der Waals surface area (Å²) in [6.45, 7) is 6.01. The summed E-state index contributed by atoms with van der Waals surface area (Å²) in [6.07, 6.45) is 0. The van der Waals surface area contributed by atoms with Gasteiger partial charge in [-0.15, -0.1) is 0 Å². The SMILES string of the molecule is COc1ccc(CNc2cc(C(=O)N3CCN(C(C)=O)CC3)nc(C)n2)cc1. The van der Waals surface area contributed by atoms with Crippen LogP contribution in [0.4, 0.5) is 5.82 Å². The second-order valence-electron chi connectivity index (χ2n) is 6.69. The summed E-state index contributed by atoms with van der Waals surface area (Å²) in [5, 5.41) is 3.24. The number of anilines is 1. The molecule has 1 aromatic heterocycles. The average Bonchev–Trinajstić information content (AvgIpc) is 2.71. The van der Waals surface area contributed by atoms with Gasteiger partial charge in [0.25, 0.3) is 5.91 Å². The molecule has 0 unspecified atom stereocenters. The lowest BCUT2D eigenvalue weighted by molar-refractivity contribution is -0.130. The summed E-state index contributed by atoms with van der Waals surface area (Å²) in [6, 6.07) is 9.42. The molecule has 2 heterocycles. The number of nitrogens with one attached hydrogen (secondary N) is 1.